The number of hydrogen-bond donors (Lipinski definition) is 3. The number of hydrogen-bond acceptors (Lipinski definition) is 6. The number of methoxy groups -OCH3 is 2. The molecular formula is C32H46N6O4. The predicted octanol–water partition coefficient (Wildman–Crippen LogP) is 4.62. The van der Waals surface area contributed by atoms with Crippen molar-refractivity contribution in [2.75, 3.05) is 45.8 Å². The summed E-state index contributed by atoms with van der Waals surface area (Å²) in [5.41, 5.74) is 9.97. The van der Waals surface area contributed by atoms with E-state index in [0.717, 1.165) is 48.2 Å². The monoisotopic (exact) mass is 578 g/mol. The highest BCUT2D eigenvalue weighted by Gasteiger charge is 2.29. The van der Waals surface area contributed by atoms with Crippen LogP contribution in [0.1, 0.15) is 63.8 Å². The molecule has 3 amide bonds. The molecule has 228 valence electrons. The molecule has 0 saturated carbocycles. The molecule has 0 aliphatic carbocycles. The minimum absolute atomic E-state index is 0.00370. The van der Waals surface area contributed by atoms with Crippen LogP contribution in [-0.2, 0) is 21.5 Å². The third kappa shape index (κ3) is 7.80. The third-order valence-corrected chi connectivity index (χ3v) is 7.83. The molecule has 10 heteroatoms. The van der Waals surface area contributed by atoms with Crippen LogP contribution in [0.5, 0.6) is 5.75 Å². The normalized spacial score (nSPS) is 16.3. The molecule has 4 rings (SSSR count). The molecule has 1 aliphatic rings. The first kappa shape index (κ1) is 31.3. The van der Waals surface area contributed by atoms with E-state index in [9.17, 15) is 9.59 Å². The fourth-order valence-electron chi connectivity index (χ4n) is 5.51. The highest BCUT2D eigenvalue weighted by Crippen LogP contribution is 2.32. The zero-order chi connectivity index (χ0) is 30.3. The van der Waals surface area contributed by atoms with Crippen molar-refractivity contribution in [1.82, 2.24) is 19.8 Å². The van der Waals surface area contributed by atoms with E-state index in [1.807, 2.05) is 41.3 Å². The number of anilines is 1. The van der Waals surface area contributed by atoms with Crippen LogP contribution >= 0.6 is 0 Å². The van der Waals surface area contributed by atoms with Gasteiger partial charge < -0.3 is 35.3 Å². The van der Waals surface area contributed by atoms with Gasteiger partial charge in [-0.25, -0.2) is 9.78 Å². The van der Waals surface area contributed by atoms with Gasteiger partial charge in [-0.3, -0.25) is 4.79 Å². The van der Waals surface area contributed by atoms with E-state index in [4.69, 9.17) is 20.2 Å². The Morgan fingerprint density at radius 1 is 1.17 bits per heavy atom. The number of nitrogens with two attached hydrogens (primary N) is 1. The van der Waals surface area contributed by atoms with E-state index in [0.29, 0.717) is 31.1 Å². The maximum absolute atomic E-state index is 13.3. The topological polar surface area (TPSA) is 124 Å². The number of carbonyl (C=O) groups excluding carboxylic acids is 2. The Bertz CT molecular complexity index is 1360. The number of rotatable bonds is 11. The fourth-order valence-corrected chi connectivity index (χ4v) is 5.51. The van der Waals surface area contributed by atoms with Gasteiger partial charge in [0.15, 0.2) is 0 Å². The van der Waals surface area contributed by atoms with Crippen molar-refractivity contribution in [3.63, 3.8) is 0 Å². The Labute approximate surface area is 248 Å². The molecule has 2 atom stereocenters. The van der Waals surface area contributed by atoms with Gasteiger partial charge in [0.05, 0.1) is 23.8 Å². The van der Waals surface area contributed by atoms with Crippen LogP contribution < -0.4 is 21.1 Å². The van der Waals surface area contributed by atoms with Crippen LogP contribution in [0.3, 0.4) is 0 Å². The molecule has 0 spiro atoms. The van der Waals surface area contributed by atoms with Crippen molar-refractivity contribution in [3.8, 4) is 5.75 Å². The number of fused-ring (bicyclic) bond motifs is 1. The molecular weight excluding hydrogens is 532 g/mol. The molecule has 1 fully saturated rings. The number of benzene rings is 2. The van der Waals surface area contributed by atoms with E-state index >= 15 is 0 Å². The van der Waals surface area contributed by atoms with Crippen LogP contribution in [0.25, 0.3) is 11.0 Å². The van der Waals surface area contributed by atoms with Gasteiger partial charge in [0, 0.05) is 58.3 Å². The van der Waals surface area contributed by atoms with Gasteiger partial charge in [0.25, 0.3) is 0 Å². The maximum Gasteiger partial charge on any atom is 0.319 e. The number of nitrogens with one attached hydrogen (secondary N) is 2. The number of imidazole rings is 1. The highest BCUT2D eigenvalue weighted by atomic mass is 16.5. The second-order valence-corrected chi connectivity index (χ2v) is 12.1. The lowest BCUT2D eigenvalue weighted by Crippen LogP contribution is -2.45. The number of aryl methyl sites for hydroxylation is 1. The van der Waals surface area contributed by atoms with Gasteiger partial charge >= 0.3 is 6.03 Å². The number of piperidine rings is 1. The molecule has 0 bridgehead atoms. The maximum atomic E-state index is 13.3. The van der Waals surface area contributed by atoms with Gasteiger partial charge in [-0.1, -0.05) is 39.0 Å². The Morgan fingerprint density at radius 2 is 1.95 bits per heavy atom. The average molecular weight is 579 g/mol. The summed E-state index contributed by atoms with van der Waals surface area (Å²) in [4.78, 5) is 32.8. The smallest absolute Gasteiger partial charge is 0.319 e. The van der Waals surface area contributed by atoms with Gasteiger partial charge in [-0.2, -0.15) is 0 Å². The molecule has 1 aromatic heterocycles. The molecule has 3 aromatic rings. The molecule has 2 heterocycles. The minimum Gasteiger partial charge on any atom is -0.495 e. The van der Waals surface area contributed by atoms with Crippen LogP contribution in [0.4, 0.5) is 10.5 Å². The molecule has 42 heavy (non-hydrogen) atoms. The molecule has 2 aromatic carbocycles. The third-order valence-electron chi connectivity index (χ3n) is 7.83. The first-order valence-corrected chi connectivity index (χ1v) is 14.8. The second kappa shape index (κ2) is 14.0. The Morgan fingerprint density at radius 3 is 2.69 bits per heavy atom. The summed E-state index contributed by atoms with van der Waals surface area (Å²) in [6.07, 6.45) is 2.93. The van der Waals surface area contributed by atoms with E-state index in [1.165, 1.54) is 0 Å². The van der Waals surface area contributed by atoms with Crippen molar-refractivity contribution in [1.29, 1.82) is 0 Å². The lowest BCUT2D eigenvalue weighted by atomic mass is 9.87. The standard InChI is InChI=1S/C32H46N6O4/c1-32(2,3)23-13-14-28(42-5)26(18-23)36-31(40)34-20-24(33)19-29(39)37-15-8-10-22(21-37)30-35-25-11-6-7-12-27(25)38(30)16-9-17-41-4/h6-7,11-14,18,22,24H,8-10,15-17,19-21,33H2,1-5H3,(H2,34,36,40). The zero-order valence-electron chi connectivity index (χ0n) is 25.6. The largest absolute Gasteiger partial charge is 0.495 e. The summed E-state index contributed by atoms with van der Waals surface area (Å²) in [6.45, 7) is 9.31. The number of ether oxygens (including phenoxy) is 2. The number of carbonyl (C=O) groups is 2. The van der Waals surface area contributed by atoms with Crippen molar-refractivity contribution < 1.29 is 19.1 Å². The predicted molar refractivity (Wildman–Crippen MR) is 166 cm³/mol. The van der Waals surface area contributed by atoms with Crippen LogP contribution in [0.15, 0.2) is 42.5 Å². The van der Waals surface area contributed by atoms with E-state index < -0.39 is 12.1 Å². The van der Waals surface area contributed by atoms with E-state index in [1.54, 1.807) is 14.2 Å². The SMILES string of the molecule is COCCCn1c(C2CCCN(C(=O)CC(N)CNC(=O)Nc3cc(C(C)(C)C)ccc3OC)C2)nc2ccccc21. The van der Waals surface area contributed by atoms with Crippen LogP contribution in [-0.4, -0.2) is 72.9 Å². The van der Waals surface area contributed by atoms with Crippen molar-refractivity contribution in [3.05, 3.63) is 53.9 Å². The van der Waals surface area contributed by atoms with Crippen LogP contribution in [0.2, 0.25) is 0 Å². The second-order valence-electron chi connectivity index (χ2n) is 12.1. The highest BCUT2D eigenvalue weighted by molar-refractivity contribution is 5.91. The van der Waals surface area contributed by atoms with Gasteiger partial charge in [0.1, 0.15) is 11.6 Å². The number of amides is 3. The first-order valence-electron chi connectivity index (χ1n) is 14.8. The van der Waals surface area contributed by atoms with Crippen LogP contribution in [0, 0.1) is 0 Å². The Hall–Kier alpha value is -3.63. The lowest BCUT2D eigenvalue weighted by molar-refractivity contribution is -0.132. The summed E-state index contributed by atoms with van der Waals surface area (Å²) in [5, 5.41) is 5.67. The van der Waals surface area contributed by atoms with Gasteiger partial charge in [-0.15, -0.1) is 0 Å². The van der Waals surface area contributed by atoms with Gasteiger partial charge in [0.2, 0.25) is 5.91 Å². The number of likely N-dealkylation sites (tertiary alicyclic amines) is 1. The molecule has 1 aliphatic heterocycles. The Balaban J connectivity index is 1.33. The van der Waals surface area contributed by atoms with Crippen molar-refractivity contribution in [2.24, 2.45) is 5.73 Å². The molecule has 4 N–H and O–H groups in total. The molecule has 0 radical (unpaired) electrons. The van der Waals surface area contributed by atoms with Crippen molar-refractivity contribution in [2.45, 2.75) is 70.4 Å². The first-order chi connectivity index (χ1) is 20.1. The minimum atomic E-state index is -0.509. The summed E-state index contributed by atoms with van der Waals surface area (Å²) in [7, 11) is 3.28. The zero-order valence-corrected chi connectivity index (χ0v) is 25.6. The average Bonchev–Trinajstić information content (AvgIpc) is 3.34. The molecule has 1 saturated heterocycles. The summed E-state index contributed by atoms with van der Waals surface area (Å²) in [5.74, 6) is 1.75. The number of aromatic nitrogens is 2. The summed E-state index contributed by atoms with van der Waals surface area (Å²) >= 11 is 0. The number of urea groups is 1. The number of para-hydroxylation sites is 2. The fraction of sp³-hybridized carbons (Fsp3) is 0.531. The van der Waals surface area contributed by atoms with E-state index in [2.05, 4.69) is 42.0 Å². The Kier molecular flexibility index (Phi) is 10.5. The number of nitrogens with zero attached hydrogens (tertiary/aromatic N) is 3. The van der Waals surface area contributed by atoms with E-state index in [-0.39, 0.29) is 30.2 Å². The molecule has 2 unspecified atom stereocenters. The summed E-state index contributed by atoms with van der Waals surface area (Å²) in [6, 6.07) is 13.0. The quantitative estimate of drug-likeness (QED) is 0.285. The summed E-state index contributed by atoms with van der Waals surface area (Å²) < 4.78 is 13.0. The lowest BCUT2D eigenvalue weighted by Gasteiger charge is -2.33. The van der Waals surface area contributed by atoms with Crippen molar-refractivity contribution >= 4 is 28.7 Å². The van der Waals surface area contributed by atoms with Gasteiger partial charge in [-0.05, 0) is 54.5 Å². The molecule has 10 nitrogen and oxygen atoms in total.